The number of fused-ring (bicyclic) bond motifs is 1. The number of piperazine rings is 1. The Balaban J connectivity index is 1.45. The van der Waals surface area contributed by atoms with Gasteiger partial charge in [0.15, 0.2) is 5.11 Å². The van der Waals surface area contributed by atoms with E-state index < -0.39 is 10.0 Å². The van der Waals surface area contributed by atoms with Crippen molar-refractivity contribution in [3.05, 3.63) is 45.8 Å². The fourth-order valence-corrected chi connectivity index (χ4v) is 7.36. The number of thiophene rings is 1. The average molecular weight is 508 g/mol. The normalized spacial score (nSPS) is 17.2. The standard InChI is InChI=1S/C23H29N3O4S3/c1-16-8-10-17(11-9-16)33(28,29)26-14-12-25(13-15-26)23(31)24-21-20(22(27)30-2)18-6-4-3-5-7-19(18)32-21/h8-11H,3-7,12-15H2,1-2H3,(H,24,31). The molecule has 10 heteroatoms. The number of nitrogens with zero attached hydrogens (tertiary/aromatic N) is 2. The van der Waals surface area contributed by atoms with Gasteiger partial charge in [0.25, 0.3) is 0 Å². The minimum absolute atomic E-state index is 0.310. The lowest BCUT2D eigenvalue weighted by atomic mass is 10.1. The molecule has 1 fully saturated rings. The number of thiocarbonyl (C=S) groups is 1. The van der Waals surface area contributed by atoms with Gasteiger partial charge in [-0.1, -0.05) is 24.1 Å². The second kappa shape index (κ2) is 10.1. The number of hydrogen-bond acceptors (Lipinski definition) is 6. The Hall–Kier alpha value is -2.01. The molecule has 0 atom stereocenters. The largest absolute Gasteiger partial charge is 0.465 e. The summed E-state index contributed by atoms with van der Waals surface area (Å²) in [7, 11) is -2.13. The van der Waals surface area contributed by atoms with Gasteiger partial charge in [-0.05, 0) is 62.5 Å². The van der Waals surface area contributed by atoms with Gasteiger partial charge in [-0.3, -0.25) is 0 Å². The number of ether oxygens (including phenoxy) is 1. The number of carbonyl (C=O) groups excluding carboxylic acids is 1. The van der Waals surface area contributed by atoms with E-state index in [4.69, 9.17) is 17.0 Å². The highest BCUT2D eigenvalue weighted by atomic mass is 32.2. The quantitative estimate of drug-likeness (QED) is 0.383. The Morgan fingerprint density at radius 1 is 1.06 bits per heavy atom. The minimum Gasteiger partial charge on any atom is -0.465 e. The van der Waals surface area contributed by atoms with E-state index in [0.717, 1.165) is 41.8 Å². The molecule has 1 aliphatic heterocycles. The third kappa shape index (κ3) is 5.08. The number of aryl methyl sites for hydroxylation is 2. The van der Waals surface area contributed by atoms with Gasteiger partial charge in [0.1, 0.15) is 5.00 Å². The Morgan fingerprint density at radius 2 is 1.73 bits per heavy atom. The molecule has 1 aromatic heterocycles. The highest BCUT2D eigenvalue weighted by Gasteiger charge is 2.31. The summed E-state index contributed by atoms with van der Waals surface area (Å²) in [6.45, 7) is 3.59. The molecule has 0 bridgehead atoms. The molecule has 2 aromatic rings. The first kappa shape index (κ1) is 24.1. The van der Waals surface area contributed by atoms with E-state index in [0.29, 0.717) is 41.8 Å². The maximum atomic E-state index is 13.0. The van der Waals surface area contributed by atoms with Crippen LogP contribution in [0.1, 0.15) is 45.6 Å². The number of anilines is 1. The number of sulfonamides is 1. The second-order valence-electron chi connectivity index (χ2n) is 8.39. The molecule has 0 saturated carbocycles. The molecular formula is C23H29N3O4S3. The lowest BCUT2D eigenvalue weighted by Crippen LogP contribution is -2.51. The molecule has 2 aliphatic rings. The smallest absolute Gasteiger partial charge is 0.341 e. The van der Waals surface area contributed by atoms with Crippen molar-refractivity contribution in [1.82, 2.24) is 9.21 Å². The van der Waals surface area contributed by atoms with Crippen molar-refractivity contribution in [3.63, 3.8) is 0 Å². The van der Waals surface area contributed by atoms with Crippen molar-refractivity contribution in [2.45, 2.75) is 43.9 Å². The zero-order chi connectivity index (χ0) is 23.6. The summed E-state index contributed by atoms with van der Waals surface area (Å²) in [5, 5.41) is 4.51. The lowest BCUT2D eigenvalue weighted by molar-refractivity contribution is 0.0601. The highest BCUT2D eigenvalue weighted by molar-refractivity contribution is 7.89. The van der Waals surface area contributed by atoms with Gasteiger partial charge >= 0.3 is 5.97 Å². The number of esters is 1. The Labute approximate surface area is 204 Å². The molecule has 4 rings (SSSR count). The Bertz CT molecular complexity index is 1130. The molecule has 0 spiro atoms. The van der Waals surface area contributed by atoms with E-state index >= 15 is 0 Å². The first-order valence-corrected chi connectivity index (χ1v) is 13.8. The fourth-order valence-electron chi connectivity index (χ4n) is 4.32. The summed E-state index contributed by atoms with van der Waals surface area (Å²) in [5.41, 5.74) is 2.71. The van der Waals surface area contributed by atoms with E-state index in [1.165, 1.54) is 22.7 Å². The van der Waals surface area contributed by atoms with Gasteiger partial charge in [-0.25, -0.2) is 13.2 Å². The molecule has 7 nitrogen and oxygen atoms in total. The molecule has 1 aromatic carbocycles. The van der Waals surface area contributed by atoms with Crippen LogP contribution in [0.25, 0.3) is 0 Å². The van der Waals surface area contributed by atoms with E-state index in [-0.39, 0.29) is 5.97 Å². The van der Waals surface area contributed by atoms with Crippen LogP contribution >= 0.6 is 23.6 Å². The van der Waals surface area contributed by atoms with Crippen molar-refractivity contribution < 1.29 is 17.9 Å². The molecule has 1 aliphatic carbocycles. The predicted molar refractivity (Wildman–Crippen MR) is 135 cm³/mol. The summed E-state index contributed by atoms with van der Waals surface area (Å²) < 4.78 is 32.5. The van der Waals surface area contributed by atoms with Crippen LogP contribution in [0.3, 0.4) is 0 Å². The number of hydrogen-bond donors (Lipinski definition) is 1. The topological polar surface area (TPSA) is 79.0 Å². The van der Waals surface area contributed by atoms with Gasteiger partial charge in [0, 0.05) is 31.1 Å². The molecule has 1 saturated heterocycles. The van der Waals surface area contributed by atoms with Crippen molar-refractivity contribution in [3.8, 4) is 0 Å². The average Bonchev–Trinajstić information content (AvgIpc) is 2.98. The number of rotatable bonds is 4. The zero-order valence-corrected chi connectivity index (χ0v) is 21.4. The van der Waals surface area contributed by atoms with E-state index in [2.05, 4.69) is 5.32 Å². The van der Waals surface area contributed by atoms with E-state index in [9.17, 15) is 13.2 Å². The van der Waals surface area contributed by atoms with Crippen LogP contribution in [0.2, 0.25) is 0 Å². The van der Waals surface area contributed by atoms with Crippen molar-refractivity contribution in [1.29, 1.82) is 0 Å². The summed E-state index contributed by atoms with van der Waals surface area (Å²) in [6.07, 6.45) is 5.19. The molecule has 0 unspecified atom stereocenters. The van der Waals surface area contributed by atoms with Crippen LogP contribution < -0.4 is 5.32 Å². The summed E-state index contributed by atoms with van der Waals surface area (Å²) in [4.78, 5) is 16.1. The fraction of sp³-hybridized carbons (Fsp3) is 0.478. The molecule has 33 heavy (non-hydrogen) atoms. The van der Waals surface area contributed by atoms with E-state index in [1.54, 1.807) is 23.5 Å². The number of nitrogens with one attached hydrogen (secondary N) is 1. The van der Waals surface area contributed by atoms with Crippen LogP contribution in [0.5, 0.6) is 0 Å². The lowest BCUT2D eigenvalue weighted by Gasteiger charge is -2.35. The summed E-state index contributed by atoms with van der Waals surface area (Å²) in [6, 6.07) is 6.92. The third-order valence-corrected chi connectivity index (χ3v) is 9.70. The van der Waals surface area contributed by atoms with E-state index in [1.807, 2.05) is 24.0 Å². The monoisotopic (exact) mass is 507 g/mol. The molecule has 0 amide bonds. The number of methoxy groups -OCH3 is 1. The van der Waals surface area contributed by atoms with Crippen molar-refractivity contribution in [2.24, 2.45) is 0 Å². The van der Waals surface area contributed by atoms with Crippen LogP contribution in [-0.4, -0.2) is 62.0 Å². The summed E-state index contributed by atoms with van der Waals surface area (Å²) in [5.74, 6) is -0.339. The van der Waals surface area contributed by atoms with Crippen molar-refractivity contribution in [2.75, 3.05) is 38.6 Å². The number of carbonyl (C=O) groups is 1. The van der Waals surface area contributed by atoms with Crippen LogP contribution in [0, 0.1) is 6.92 Å². The first-order chi connectivity index (χ1) is 15.8. The SMILES string of the molecule is COC(=O)c1c(NC(=S)N2CCN(S(=O)(=O)c3ccc(C)cc3)CC2)sc2c1CCCCC2. The van der Waals surface area contributed by atoms with Gasteiger partial charge in [0.2, 0.25) is 10.0 Å². The Kier molecular flexibility index (Phi) is 7.37. The third-order valence-electron chi connectivity index (χ3n) is 6.22. The maximum absolute atomic E-state index is 13.0. The maximum Gasteiger partial charge on any atom is 0.341 e. The van der Waals surface area contributed by atoms with Crippen LogP contribution in [0.15, 0.2) is 29.2 Å². The molecular weight excluding hydrogens is 478 g/mol. The molecule has 178 valence electrons. The van der Waals surface area contributed by atoms with Gasteiger partial charge in [-0.2, -0.15) is 4.31 Å². The van der Waals surface area contributed by atoms with Gasteiger partial charge in [0.05, 0.1) is 17.6 Å². The van der Waals surface area contributed by atoms with Crippen molar-refractivity contribution >= 4 is 49.7 Å². The van der Waals surface area contributed by atoms with Crippen LogP contribution in [-0.2, 0) is 27.6 Å². The predicted octanol–water partition coefficient (Wildman–Crippen LogP) is 3.82. The second-order valence-corrected chi connectivity index (χ2v) is 11.8. The van der Waals surface area contributed by atoms with Gasteiger partial charge in [-0.15, -0.1) is 11.3 Å². The molecule has 0 radical (unpaired) electrons. The molecule has 1 N–H and O–H groups in total. The minimum atomic E-state index is -3.53. The van der Waals surface area contributed by atoms with Crippen LogP contribution in [0.4, 0.5) is 5.00 Å². The summed E-state index contributed by atoms with van der Waals surface area (Å²) >= 11 is 7.23. The molecule has 2 heterocycles. The van der Waals surface area contributed by atoms with Gasteiger partial charge < -0.3 is 15.0 Å². The zero-order valence-electron chi connectivity index (χ0n) is 18.9. The first-order valence-electron chi connectivity index (χ1n) is 11.2. The number of benzene rings is 1. The Morgan fingerprint density at radius 3 is 2.39 bits per heavy atom. The highest BCUT2D eigenvalue weighted by Crippen LogP contribution is 2.38.